The van der Waals surface area contributed by atoms with Crippen LogP contribution < -0.4 is 5.32 Å². The van der Waals surface area contributed by atoms with Crippen molar-refractivity contribution in [3.05, 3.63) is 36.0 Å². The standard InChI is InChI=1S/C10H9N3O3/c1-6-7(3-2-4-11-6)12-10-13-8(5-16-10)9(14)15/h2-5H,1H3,(H,12,13)(H,14,15). The van der Waals surface area contributed by atoms with Gasteiger partial charge >= 0.3 is 5.97 Å². The van der Waals surface area contributed by atoms with Gasteiger partial charge in [-0.1, -0.05) is 0 Å². The highest BCUT2D eigenvalue weighted by atomic mass is 16.4. The van der Waals surface area contributed by atoms with Crippen molar-refractivity contribution in [1.82, 2.24) is 9.97 Å². The van der Waals surface area contributed by atoms with Gasteiger partial charge in [-0.15, -0.1) is 0 Å². The average Bonchev–Trinajstić information content (AvgIpc) is 2.70. The summed E-state index contributed by atoms with van der Waals surface area (Å²) >= 11 is 0. The highest BCUT2D eigenvalue weighted by Crippen LogP contribution is 2.17. The smallest absolute Gasteiger partial charge is 0.357 e. The van der Waals surface area contributed by atoms with E-state index in [-0.39, 0.29) is 11.7 Å². The Morgan fingerprint density at radius 2 is 2.38 bits per heavy atom. The molecule has 0 saturated carbocycles. The maximum Gasteiger partial charge on any atom is 0.357 e. The van der Waals surface area contributed by atoms with Crippen LogP contribution >= 0.6 is 0 Å². The SMILES string of the molecule is Cc1ncccc1Nc1nc(C(=O)O)co1. The first kappa shape index (κ1) is 10.2. The van der Waals surface area contributed by atoms with Gasteiger partial charge in [-0.3, -0.25) is 4.98 Å². The number of carboxylic acids is 1. The third-order valence-corrected chi connectivity index (χ3v) is 1.97. The van der Waals surface area contributed by atoms with Gasteiger partial charge in [0.1, 0.15) is 6.26 Å². The van der Waals surface area contributed by atoms with Gasteiger partial charge in [0.05, 0.1) is 11.4 Å². The molecule has 0 fully saturated rings. The lowest BCUT2D eigenvalue weighted by atomic mass is 10.3. The van der Waals surface area contributed by atoms with Gasteiger partial charge in [-0.25, -0.2) is 4.79 Å². The molecule has 16 heavy (non-hydrogen) atoms. The Kier molecular flexibility index (Phi) is 2.55. The summed E-state index contributed by atoms with van der Waals surface area (Å²) in [5, 5.41) is 11.5. The van der Waals surface area contributed by atoms with Crippen LogP contribution in [-0.2, 0) is 0 Å². The van der Waals surface area contributed by atoms with Crippen molar-refractivity contribution in [2.24, 2.45) is 0 Å². The largest absolute Gasteiger partial charge is 0.476 e. The van der Waals surface area contributed by atoms with Crippen molar-refractivity contribution >= 4 is 17.7 Å². The highest BCUT2D eigenvalue weighted by Gasteiger charge is 2.10. The van der Waals surface area contributed by atoms with Crippen LogP contribution in [0.1, 0.15) is 16.2 Å². The maximum atomic E-state index is 10.6. The molecule has 0 saturated heterocycles. The Labute approximate surface area is 91.0 Å². The lowest BCUT2D eigenvalue weighted by Gasteiger charge is -2.03. The van der Waals surface area contributed by atoms with Gasteiger partial charge < -0.3 is 14.8 Å². The summed E-state index contributed by atoms with van der Waals surface area (Å²) in [5.41, 5.74) is 1.36. The van der Waals surface area contributed by atoms with Crippen LogP contribution in [0.15, 0.2) is 29.0 Å². The van der Waals surface area contributed by atoms with Crippen LogP contribution in [-0.4, -0.2) is 21.0 Å². The van der Waals surface area contributed by atoms with Crippen molar-refractivity contribution in [2.45, 2.75) is 6.92 Å². The van der Waals surface area contributed by atoms with E-state index in [2.05, 4.69) is 15.3 Å². The summed E-state index contributed by atoms with van der Waals surface area (Å²) in [7, 11) is 0. The van der Waals surface area contributed by atoms with E-state index in [0.29, 0.717) is 0 Å². The van der Waals surface area contributed by atoms with E-state index in [1.165, 1.54) is 0 Å². The summed E-state index contributed by atoms with van der Waals surface area (Å²) in [5.74, 6) is -1.13. The Morgan fingerprint density at radius 1 is 1.56 bits per heavy atom. The predicted molar refractivity (Wildman–Crippen MR) is 55.7 cm³/mol. The van der Waals surface area contributed by atoms with E-state index >= 15 is 0 Å². The molecule has 0 radical (unpaired) electrons. The molecule has 2 aromatic heterocycles. The molecule has 6 heteroatoms. The number of anilines is 2. The number of aryl methyl sites for hydroxylation is 1. The van der Waals surface area contributed by atoms with Gasteiger partial charge in [0.25, 0.3) is 6.01 Å². The number of oxazole rings is 1. The number of carbonyl (C=O) groups is 1. The number of aromatic nitrogens is 2. The van der Waals surface area contributed by atoms with Crippen molar-refractivity contribution in [3.8, 4) is 0 Å². The van der Waals surface area contributed by atoms with Crippen molar-refractivity contribution in [1.29, 1.82) is 0 Å². The fraction of sp³-hybridized carbons (Fsp3) is 0.100. The van der Waals surface area contributed by atoms with Crippen molar-refractivity contribution < 1.29 is 14.3 Å². The normalized spacial score (nSPS) is 10.1. The van der Waals surface area contributed by atoms with E-state index < -0.39 is 5.97 Å². The minimum absolute atomic E-state index is 0.133. The molecule has 2 N–H and O–H groups in total. The van der Waals surface area contributed by atoms with E-state index in [0.717, 1.165) is 17.6 Å². The number of carboxylic acid groups (broad SMARTS) is 1. The summed E-state index contributed by atoms with van der Waals surface area (Å²) in [4.78, 5) is 18.4. The molecule has 0 spiro atoms. The molecular weight excluding hydrogens is 210 g/mol. The van der Waals surface area contributed by atoms with Crippen molar-refractivity contribution in [2.75, 3.05) is 5.32 Å². The molecule has 2 rings (SSSR count). The van der Waals surface area contributed by atoms with Gasteiger partial charge in [-0.2, -0.15) is 4.98 Å². The zero-order valence-electron chi connectivity index (χ0n) is 8.47. The van der Waals surface area contributed by atoms with Crippen LogP contribution in [0.3, 0.4) is 0 Å². The molecule has 2 aromatic rings. The van der Waals surface area contributed by atoms with Crippen molar-refractivity contribution in [3.63, 3.8) is 0 Å². The minimum atomic E-state index is -1.13. The number of pyridine rings is 1. The lowest BCUT2D eigenvalue weighted by molar-refractivity contribution is 0.0690. The van der Waals surface area contributed by atoms with Crippen LogP contribution in [0.5, 0.6) is 0 Å². The van der Waals surface area contributed by atoms with Crippen LogP contribution in [0.25, 0.3) is 0 Å². The van der Waals surface area contributed by atoms with Gasteiger partial charge in [0, 0.05) is 6.20 Å². The molecule has 82 valence electrons. The maximum absolute atomic E-state index is 10.6. The molecule has 6 nitrogen and oxygen atoms in total. The van der Waals surface area contributed by atoms with E-state index in [1.54, 1.807) is 18.3 Å². The zero-order chi connectivity index (χ0) is 11.5. The quantitative estimate of drug-likeness (QED) is 0.818. The number of rotatable bonds is 3. The van der Waals surface area contributed by atoms with E-state index in [4.69, 9.17) is 9.52 Å². The molecule has 0 aromatic carbocycles. The summed E-state index contributed by atoms with van der Waals surface area (Å²) < 4.78 is 4.95. The molecule has 0 unspecified atom stereocenters. The third kappa shape index (κ3) is 2.00. The number of aromatic carboxylic acids is 1. The molecule has 0 bridgehead atoms. The Hall–Kier alpha value is -2.37. The van der Waals surface area contributed by atoms with Gasteiger partial charge in [0.15, 0.2) is 5.69 Å². The Balaban J connectivity index is 2.21. The van der Waals surface area contributed by atoms with Gasteiger partial charge in [0.2, 0.25) is 0 Å². The van der Waals surface area contributed by atoms with E-state index in [1.807, 2.05) is 6.92 Å². The average molecular weight is 219 g/mol. The first-order valence-electron chi connectivity index (χ1n) is 4.54. The number of hydrogen-bond acceptors (Lipinski definition) is 5. The zero-order valence-corrected chi connectivity index (χ0v) is 8.47. The fourth-order valence-corrected chi connectivity index (χ4v) is 1.16. The highest BCUT2D eigenvalue weighted by molar-refractivity contribution is 5.85. The second-order valence-corrected chi connectivity index (χ2v) is 3.10. The van der Waals surface area contributed by atoms with Crippen LogP contribution in [0.2, 0.25) is 0 Å². The minimum Gasteiger partial charge on any atom is -0.476 e. The van der Waals surface area contributed by atoms with Crippen LogP contribution in [0, 0.1) is 6.92 Å². The summed E-state index contributed by atoms with van der Waals surface area (Å²) in [6, 6.07) is 3.69. The number of hydrogen-bond donors (Lipinski definition) is 2. The summed E-state index contributed by atoms with van der Waals surface area (Å²) in [6.07, 6.45) is 2.75. The first-order valence-corrected chi connectivity index (χ1v) is 4.54. The Bertz CT molecular complexity index is 522. The lowest BCUT2D eigenvalue weighted by Crippen LogP contribution is -1.98. The first-order chi connectivity index (χ1) is 7.66. The Morgan fingerprint density at radius 3 is 3.00 bits per heavy atom. The predicted octanol–water partition coefficient (Wildman–Crippen LogP) is 1.82. The fourth-order valence-electron chi connectivity index (χ4n) is 1.16. The second kappa shape index (κ2) is 4.01. The molecule has 0 aliphatic heterocycles. The molecule has 2 heterocycles. The summed E-state index contributed by atoms with van der Waals surface area (Å²) in [6.45, 7) is 1.82. The molecule has 0 atom stereocenters. The molecular formula is C10H9N3O3. The monoisotopic (exact) mass is 219 g/mol. The third-order valence-electron chi connectivity index (χ3n) is 1.97. The topological polar surface area (TPSA) is 88.2 Å². The molecule has 0 amide bonds. The van der Waals surface area contributed by atoms with Gasteiger partial charge in [-0.05, 0) is 19.1 Å². The number of nitrogens with zero attached hydrogens (tertiary/aromatic N) is 2. The molecule has 0 aliphatic rings. The molecule has 0 aliphatic carbocycles. The van der Waals surface area contributed by atoms with E-state index in [9.17, 15) is 4.79 Å². The number of nitrogens with one attached hydrogen (secondary N) is 1. The van der Waals surface area contributed by atoms with Crippen LogP contribution in [0.4, 0.5) is 11.7 Å². The second-order valence-electron chi connectivity index (χ2n) is 3.10.